The van der Waals surface area contributed by atoms with E-state index in [0.717, 1.165) is 27.2 Å². The van der Waals surface area contributed by atoms with Crippen LogP contribution in [0, 0.1) is 5.92 Å². The van der Waals surface area contributed by atoms with Gasteiger partial charge in [0.25, 0.3) is 5.91 Å². The van der Waals surface area contributed by atoms with E-state index < -0.39 is 23.7 Å². The van der Waals surface area contributed by atoms with E-state index in [4.69, 9.17) is 9.73 Å². The molecule has 13 heteroatoms. The fraction of sp³-hybridized carbons (Fsp3) is 0.367. The summed E-state index contributed by atoms with van der Waals surface area (Å²) in [5.74, 6) is -2.15. The number of benzene rings is 2. The smallest absolute Gasteiger partial charge is 0.453 e. The Morgan fingerprint density at radius 2 is 1.53 bits per heavy atom. The predicted octanol–water partition coefficient (Wildman–Crippen LogP) is 3.57. The van der Waals surface area contributed by atoms with Gasteiger partial charge in [0.1, 0.15) is 5.84 Å². The highest BCUT2D eigenvalue weighted by Crippen LogP contribution is 2.36. The molecule has 3 aromatic rings. The van der Waals surface area contributed by atoms with Gasteiger partial charge < -0.3 is 14.5 Å². The summed E-state index contributed by atoms with van der Waals surface area (Å²) >= 11 is 0. The van der Waals surface area contributed by atoms with Crippen LogP contribution < -0.4 is 0 Å². The number of methoxy groups -OCH3 is 1. The standard InChI is InChI=1S/C30H29F3N6O4/c1-36-16-24(13-34-36)22-5-3-20(4-6-22)21-7-9-23(10-8-21)25-35-29(17-38(18-29)28(42)43-2)26(40)39(25)15-19-11-12-37(14-19)27(41)30(31,32)33/h3-10,13,16,19H,11-12,14-15,17-18H2,1-2H3. The van der Waals surface area contributed by atoms with Crippen molar-refractivity contribution in [3.63, 3.8) is 0 Å². The van der Waals surface area contributed by atoms with Crippen molar-refractivity contribution in [1.82, 2.24) is 24.5 Å². The van der Waals surface area contributed by atoms with Gasteiger partial charge in [-0.05, 0) is 29.0 Å². The lowest BCUT2D eigenvalue weighted by Crippen LogP contribution is -2.66. The van der Waals surface area contributed by atoms with E-state index >= 15 is 0 Å². The SMILES string of the molecule is COC(=O)N1CC2(C1)N=C(c1ccc(-c3ccc(-c4cnn(C)c4)cc3)cc1)N(CC1CCN(C(=O)C(F)(F)F)C1)C2=O. The maximum absolute atomic E-state index is 13.7. The summed E-state index contributed by atoms with van der Waals surface area (Å²) in [5, 5.41) is 4.21. The van der Waals surface area contributed by atoms with Crippen molar-refractivity contribution in [2.45, 2.75) is 18.1 Å². The molecule has 1 spiro atoms. The van der Waals surface area contributed by atoms with Crippen molar-refractivity contribution in [2.24, 2.45) is 18.0 Å². The second-order valence-electron chi connectivity index (χ2n) is 11.2. The number of amidine groups is 1. The number of hydrogen-bond donors (Lipinski definition) is 0. The molecular formula is C30H29F3N6O4. The van der Waals surface area contributed by atoms with Gasteiger partial charge in [-0.25, -0.2) is 9.79 Å². The summed E-state index contributed by atoms with van der Waals surface area (Å²) in [7, 11) is 3.12. The van der Waals surface area contributed by atoms with Crippen LogP contribution in [0.25, 0.3) is 22.3 Å². The van der Waals surface area contributed by atoms with Crippen LogP contribution in [0.2, 0.25) is 0 Å². The van der Waals surface area contributed by atoms with Gasteiger partial charge in [0.2, 0.25) is 0 Å². The number of alkyl halides is 3. The normalized spacial score (nSPS) is 19.6. The Morgan fingerprint density at radius 3 is 2.07 bits per heavy atom. The van der Waals surface area contributed by atoms with Crippen LogP contribution in [0.3, 0.4) is 0 Å². The van der Waals surface area contributed by atoms with Crippen LogP contribution in [-0.4, -0.2) is 99.8 Å². The number of carbonyl (C=O) groups excluding carboxylic acids is 3. The fourth-order valence-corrected chi connectivity index (χ4v) is 5.94. The number of aromatic nitrogens is 2. The minimum absolute atomic E-state index is 0.0347. The first-order valence-corrected chi connectivity index (χ1v) is 13.8. The Hall–Kier alpha value is -4.68. The second-order valence-corrected chi connectivity index (χ2v) is 11.2. The zero-order valence-electron chi connectivity index (χ0n) is 23.5. The average molecular weight is 595 g/mol. The molecule has 1 atom stereocenters. The van der Waals surface area contributed by atoms with Crippen molar-refractivity contribution in [3.05, 3.63) is 66.5 Å². The van der Waals surface area contributed by atoms with Gasteiger partial charge in [0.15, 0.2) is 5.54 Å². The zero-order chi connectivity index (χ0) is 30.5. The number of amides is 3. The molecular weight excluding hydrogens is 565 g/mol. The molecule has 10 nitrogen and oxygen atoms in total. The van der Waals surface area contributed by atoms with E-state index in [1.807, 2.05) is 61.8 Å². The van der Waals surface area contributed by atoms with E-state index in [2.05, 4.69) is 5.10 Å². The van der Waals surface area contributed by atoms with Crippen LogP contribution >= 0.6 is 0 Å². The largest absolute Gasteiger partial charge is 0.471 e. The highest BCUT2D eigenvalue weighted by atomic mass is 19.4. The molecule has 0 aliphatic carbocycles. The molecule has 0 radical (unpaired) electrons. The number of likely N-dealkylation sites (tertiary alicyclic amines) is 2. The lowest BCUT2D eigenvalue weighted by molar-refractivity contribution is -0.184. The molecule has 0 bridgehead atoms. The van der Waals surface area contributed by atoms with Gasteiger partial charge in [-0.1, -0.05) is 48.5 Å². The van der Waals surface area contributed by atoms with E-state index in [9.17, 15) is 27.6 Å². The Morgan fingerprint density at radius 1 is 0.953 bits per heavy atom. The molecule has 4 heterocycles. The van der Waals surface area contributed by atoms with E-state index in [-0.39, 0.29) is 44.5 Å². The van der Waals surface area contributed by atoms with Crippen molar-refractivity contribution in [1.29, 1.82) is 0 Å². The number of nitrogens with zero attached hydrogens (tertiary/aromatic N) is 6. The highest BCUT2D eigenvalue weighted by molar-refractivity contribution is 6.16. The molecule has 0 saturated carbocycles. The summed E-state index contributed by atoms with van der Waals surface area (Å²) in [4.78, 5) is 45.9. The van der Waals surface area contributed by atoms with Crippen LogP contribution in [0.1, 0.15) is 12.0 Å². The molecule has 1 unspecified atom stereocenters. The van der Waals surface area contributed by atoms with Crippen LogP contribution in [0.15, 0.2) is 65.9 Å². The van der Waals surface area contributed by atoms with Crippen LogP contribution in [-0.2, 0) is 21.4 Å². The maximum atomic E-state index is 13.7. The Kier molecular flexibility index (Phi) is 6.98. The number of carbonyl (C=O) groups is 3. The van der Waals surface area contributed by atoms with Gasteiger partial charge in [-0.15, -0.1) is 0 Å². The zero-order valence-corrected chi connectivity index (χ0v) is 23.5. The van der Waals surface area contributed by atoms with Crippen LogP contribution in [0.4, 0.5) is 18.0 Å². The first-order valence-electron chi connectivity index (χ1n) is 13.8. The summed E-state index contributed by atoms with van der Waals surface area (Å²) in [6.07, 6.45) is -1.44. The third-order valence-corrected chi connectivity index (χ3v) is 8.21. The van der Waals surface area contributed by atoms with Gasteiger partial charge in [0.05, 0.1) is 26.4 Å². The molecule has 3 amide bonds. The molecule has 2 fully saturated rings. The molecule has 2 saturated heterocycles. The van der Waals surface area contributed by atoms with Gasteiger partial charge in [-0.3, -0.25) is 19.2 Å². The average Bonchev–Trinajstić information content (AvgIpc) is 3.70. The minimum Gasteiger partial charge on any atom is -0.453 e. The quantitative estimate of drug-likeness (QED) is 0.450. The first kappa shape index (κ1) is 28.4. The third-order valence-electron chi connectivity index (χ3n) is 8.21. The Labute approximate surface area is 245 Å². The summed E-state index contributed by atoms with van der Waals surface area (Å²) < 4.78 is 45.5. The first-order chi connectivity index (χ1) is 20.5. The van der Waals surface area contributed by atoms with Crippen LogP contribution in [0.5, 0.6) is 0 Å². The number of rotatable bonds is 5. The monoisotopic (exact) mass is 594 g/mol. The third kappa shape index (κ3) is 5.23. The van der Waals surface area contributed by atoms with Crippen molar-refractivity contribution in [3.8, 4) is 22.3 Å². The molecule has 224 valence electrons. The predicted molar refractivity (Wildman–Crippen MR) is 150 cm³/mol. The van der Waals surface area contributed by atoms with Gasteiger partial charge >= 0.3 is 18.2 Å². The lowest BCUT2D eigenvalue weighted by Gasteiger charge is -2.43. The lowest BCUT2D eigenvalue weighted by atomic mass is 9.90. The number of aryl methyl sites for hydroxylation is 1. The number of halogens is 3. The number of aliphatic imine (C=N–C) groups is 1. The van der Waals surface area contributed by atoms with E-state index in [1.165, 1.54) is 16.9 Å². The molecule has 3 aliphatic heterocycles. The van der Waals surface area contributed by atoms with Gasteiger partial charge in [0, 0.05) is 44.0 Å². The Bertz CT molecular complexity index is 1590. The van der Waals surface area contributed by atoms with Crippen molar-refractivity contribution >= 4 is 23.7 Å². The van der Waals surface area contributed by atoms with Crippen molar-refractivity contribution in [2.75, 3.05) is 39.8 Å². The topological polar surface area (TPSA) is 100 Å². The highest BCUT2D eigenvalue weighted by Gasteiger charge is 2.58. The number of hydrogen-bond acceptors (Lipinski definition) is 6. The maximum Gasteiger partial charge on any atom is 0.471 e. The molecule has 6 rings (SSSR count). The van der Waals surface area contributed by atoms with Gasteiger partial charge in [-0.2, -0.15) is 18.3 Å². The molecule has 3 aliphatic rings. The molecule has 1 aromatic heterocycles. The van der Waals surface area contributed by atoms with E-state index in [1.54, 1.807) is 10.9 Å². The van der Waals surface area contributed by atoms with Crippen molar-refractivity contribution < 1.29 is 32.3 Å². The Balaban J connectivity index is 1.23. The number of ether oxygens (including phenoxy) is 1. The summed E-state index contributed by atoms with van der Waals surface area (Å²) in [6.45, 7) is 0.0565. The summed E-state index contributed by atoms with van der Waals surface area (Å²) in [6, 6.07) is 15.6. The van der Waals surface area contributed by atoms with E-state index in [0.29, 0.717) is 17.8 Å². The minimum atomic E-state index is -4.95. The fourth-order valence-electron chi connectivity index (χ4n) is 5.94. The molecule has 43 heavy (non-hydrogen) atoms. The molecule has 0 N–H and O–H groups in total. The molecule has 2 aromatic carbocycles. The second kappa shape index (κ2) is 10.5. The summed E-state index contributed by atoms with van der Waals surface area (Å²) in [5.41, 5.74) is 3.48.